The molecular weight excluding hydrogens is 372 g/mol. The van der Waals surface area contributed by atoms with Crippen LogP contribution in [0.25, 0.3) is 0 Å². The van der Waals surface area contributed by atoms with Crippen LogP contribution in [0.2, 0.25) is 16.6 Å². The Balaban J connectivity index is 3.09. The first-order chi connectivity index (χ1) is 13.1. The van der Waals surface area contributed by atoms with Crippen LogP contribution in [0.1, 0.15) is 51.9 Å². The highest BCUT2D eigenvalue weighted by Crippen LogP contribution is 2.42. The summed E-state index contributed by atoms with van der Waals surface area (Å²) in [4.78, 5) is 12.5. The molecular formula is C22H34O5Si. The van der Waals surface area contributed by atoms with Crippen LogP contribution < -0.4 is 0 Å². The van der Waals surface area contributed by atoms with Gasteiger partial charge < -0.3 is 19.4 Å². The number of benzene rings is 1. The minimum Gasteiger partial charge on any atom is -0.453 e. The number of hydrogen-bond acceptors (Lipinski definition) is 5. The van der Waals surface area contributed by atoms with Crippen LogP contribution in [-0.2, 0) is 9.16 Å². The lowest BCUT2D eigenvalue weighted by Crippen LogP contribution is -2.51. The van der Waals surface area contributed by atoms with Crippen molar-refractivity contribution >= 4 is 14.3 Å². The van der Waals surface area contributed by atoms with E-state index in [0.29, 0.717) is 22.2 Å². The number of aliphatic hydroxyl groups excluding tert-OH is 2. The van der Waals surface area contributed by atoms with E-state index in [4.69, 9.17) is 15.6 Å². The molecule has 0 aromatic heterocycles. The molecule has 0 heterocycles. The molecule has 0 aliphatic heterocycles. The smallest absolute Gasteiger partial charge is 0.338 e. The predicted molar refractivity (Wildman–Crippen MR) is 113 cm³/mol. The van der Waals surface area contributed by atoms with Crippen molar-refractivity contribution in [2.45, 2.75) is 76.5 Å². The van der Waals surface area contributed by atoms with Crippen molar-refractivity contribution in [3.05, 3.63) is 35.9 Å². The first-order valence-corrected chi connectivity index (χ1v) is 11.9. The second kappa shape index (κ2) is 10.8. The zero-order valence-corrected chi connectivity index (χ0v) is 18.8. The molecule has 0 unspecified atom stereocenters. The lowest BCUT2D eigenvalue weighted by atomic mass is 10.1. The van der Waals surface area contributed by atoms with E-state index < -0.39 is 32.6 Å². The van der Waals surface area contributed by atoms with Crippen molar-refractivity contribution in [3.8, 4) is 12.3 Å². The maximum atomic E-state index is 12.5. The Morgan fingerprint density at radius 3 is 1.96 bits per heavy atom. The highest BCUT2D eigenvalue weighted by Gasteiger charge is 2.46. The standard InChI is InChI=1S/C22H34O5Si/c1-8-19(23)21(24)20(27-22(25)18-12-10-9-11-13-18)14-26-28(15(2)3,16(4)5)17(6)7/h1,9-13,15-17,19-21,23-24H,14H2,2-7H3/t19-,20-,21+/m1/s1. The van der Waals surface area contributed by atoms with Crippen LogP contribution in [0.5, 0.6) is 0 Å². The average molecular weight is 407 g/mol. The molecule has 0 spiro atoms. The molecule has 1 rings (SSSR count). The van der Waals surface area contributed by atoms with E-state index in [2.05, 4.69) is 47.5 Å². The number of esters is 1. The molecule has 3 atom stereocenters. The molecule has 156 valence electrons. The van der Waals surface area contributed by atoms with E-state index in [-0.39, 0.29) is 6.61 Å². The van der Waals surface area contributed by atoms with Crippen molar-refractivity contribution in [1.82, 2.24) is 0 Å². The quantitative estimate of drug-likeness (QED) is 0.351. The van der Waals surface area contributed by atoms with E-state index in [9.17, 15) is 15.0 Å². The molecule has 0 radical (unpaired) electrons. The molecule has 2 N–H and O–H groups in total. The van der Waals surface area contributed by atoms with E-state index in [1.165, 1.54) is 0 Å². The lowest BCUT2D eigenvalue weighted by molar-refractivity contribution is -0.0696. The van der Waals surface area contributed by atoms with Crippen LogP contribution in [0.3, 0.4) is 0 Å². The number of ether oxygens (including phenoxy) is 1. The zero-order valence-electron chi connectivity index (χ0n) is 17.8. The van der Waals surface area contributed by atoms with Gasteiger partial charge in [-0.15, -0.1) is 6.42 Å². The van der Waals surface area contributed by atoms with E-state index in [0.717, 1.165) is 0 Å². The summed E-state index contributed by atoms with van der Waals surface area (Å²) < 4.78 is 12.0. The predicted octanol–water partition coefficient (Wildman–Crippen LogP) is 3.76. The summed E-state index contributed by atoms with van der Waals surface area (Å²) in [6.45, 7) is 12.8. The van der Waals surface area contributed by atoms with Gasteiger partial charge in [0.1, 0.15) is 12.2 Å². The molecule has 0 saturated heterocycles. The molecule has 0 aliphatic rings. The van der Waals surface area contributed by atoms with Gasteiger partial charge in [-0.3, -0.25) is 0 Å². The highest BCUT2D eigenvalue weighted by molar-refractivity contribution is 6.77. The minimum atomic E-state index is -2.25. The normalized spacial score (nSPS) is 15.4. The van der Waals surface area contributed by atoms with Gasteiger partial charge in [0.2, 0.25) is 8.32 Å². The third kappa shape index (κ3) is 5.68. The fourth-order valence-corrected chi connectivity index (χ4v) is 9.46. The fraction of sp³-hybridized carbons (Fsp3) is 0.591. The number of carbonyl (C=O) groups is 1. The average Bonchev–Trinajstić information content (AvgIpc) is 2.65. The number of carbonyl (C=O) groups excluding carboxylic acids is 1. The summed E-state index contributed by atoms with van der Waals surface area (Å²) in [5, 5.41) is 20.4. The summed E-state index contributed by atoms with van der Waals surface area (Å²) in [7, 11) is -2.25. The molecule has 0 amide bonds. The Hall–Kier alpha value is -1.65. The van der Waals surface area contributed by atoms with Crippen LogP contribution in [0.15, 0.2) is 30.3 Å². The van der Waals surface area contributed by atoms with Crippen LogP contribution in [0.4, 0.5) is 0 Å². The second-order valence-corrected chi connectivity index (χ2v) is 13.5. The molecule has 1 aromatic rings. The van der Waals surface area contributed by atoms with E-state index in [1.54, 1.807) is 30.3 Å². The molecule has 0 fully saturated rings. The molecule has 1 aromatic carbocycles. The molecule has 0 bridgehead atoms. The summed E-state index contributed by atoms with van der Waals surface area (Å²) in [5.41, 5.74) is 1.34. The fourth-order valence-electron chi connectivity index (χ4n) is 4.01. The number of hydrogen-bond donors (Lipinski definition) is 2. The Morgan fingerprint density at radius 1 is 1.04 bits per heavy atom. The second-order valence-electron chi connectivity index (χ2n) is 8.04. The number of rotatable bonds is 10. The lowest BCUT2D eigenvalue weighted by Gasteiger charge is -2.43. The Labute approximate surface area is 170 Å². The van der Waals surface area contributed by atoms with Gasteiger partial charge in [0, 0.05) is 0 Å². The molecule has 28 heavy (non-hydrogen) atoms. The largest absolute Gasteiger partial charge is 0.453 e. The Morgan fingerprint density at radius 2 is 1.54 bits per heavy atom. The van der Waals surface area contributed by atoms with Crippen LogP contribution in [0, 0.1) is 12.3 Å². The Bertz CT molecular complexity index is 629. The topological polar surface area (TPSA) is 76.0 Å². The van der Waals surface area contributed by atoms with Crippen molar-refractivity contribution in [1.29, 1.82) is 0 Å². The number of terminal acetylenes is 1. The van der Waals surface area contributed by atoms with Gasteiger partial charge in [-0.25, -0.2) is 4.79 Å². The van der Waals surface area contributed by atoms with Crippen LogP contribution >= 0.6 is 0 Å². The minimum absolute atomic E-state index is 0.0146. The maximum absolute atomic E-state index is 12.5. The molecule has 5 nitrogen and oxygen atoms in total. The van der Waals surface area contributed by atoms with Gasteiger partial charge in [0.25, 0.3) is 0 Å². The third-order valence-corrected chi connectivity index (χ3v) is 11.4. The molecule has 6 heteroatoms. The van der Waals surface area contributed by atoms with Crippen molar-refractivity contribution in [2.75, 3.05) is 6.61 Å². The summed E-state index contributed by atoms with van der Waals surface area (Å²) >= 11 is 0. The summed E-state index contributed by atoms with van der Waals surface area (Å²) in [5.74, 6) is 1.50. The van der Waals surface area contributed by atoms with Gasteiger partial charge in [0.05, 0.1) is 12.2 Å². The van der Waals surface area contributed by atoms with Crippen molar-refractivity contribution in [2.24, 2.45) is 0 Å². The monoisotopic (exact) mass is 406 g/mol. The van der Waals surface area contributed by atoms with Crippen molar-refractivity contribution < 1.29 is 24.2 Å². The van der Waals surface area contributed by atoms with E-state index in [1.807, 2.05) is 0 Å². The van der Waals surface area contributed by atoms with Gasteiger partial charge in [-0.1, -0.05) is 65.7 Å². The van der Waals surface area contributed by atoms with E-state index >= 15 is 0 Å². The number of aliphatic hydroxyl groups is 2. The zero-order chi connectivity index (χ0) is 21.5. The molecule has 0 saturated carbocycles. The third-order valence-electron chi connectivity index (χ3n) is 5.35. The first-order valence-electron chi connectivity index (χ1n) is 9.80. The van der Waals surface area contributed by atoms with Gasteiger partial charge >= 0.3 is 5.97 Å². The van der Waals surface area contributed by atoms with Gasteiger partial charge in [-0.2, -0.15) is 0 Å². The maximum Gasteiger partial charge on any atom is 0.338 e. The van der Waals surface area contributed by atoms with Crippen molar-refractivity contribution in [3.63, 3.8) is 0 Å². The SMILES string of the molecule is C#C[C@@H](O)[C@H](O)[C@@H](CO[Si](C(C)C)(C(C)C)C(C)C)OC(=O)c1ccccc1. The first kappa shape index (κ1) is 24.4. The molecule has 0 aliphatic carbocycles. The highest BCUT2D eigenvalue weighted by atomic mass is 28.4. The summed E-state index contributed by atoms with van der Waals surface area (Å²) in [6, 6.07) is 8.49. The Kier molecular flexibility index (Phi) is 9.38. The van der Waals surface area contributed by atoms with Crippen LogP contribution in [-0.4, -0.2) is 49.4 Å². The van der Waals surface area contributed by atoms with Gasteiger partial charge in [0.15, 0.2) is 6.10 Å². The van der Waals surface area contributed by atoms with Gasteiger partial charge in [-0.05, 0) is 28.8 Å². The summed E-state index contributed by atoms with van der Waals surface area (Å²) in [6.07, 6.45) is 1.29.